The Kier molecular flexibility index (Phi) is 4.01. The highest BCUT2D eigenvalue weighted by Gasteiger charge is 2.09. The van der Waals surface area contributed by atoms with E-state index >= 15 is 0 Å². The van der Waals surface area contributed by atoms with Crippen molar-refractivity contribution in [3.8, 4) is 11.3 Å². The molecule has 0 saturated carbocycles. The van der Waals surface area contributed by atoms with Crippen LogP contribution in [0.2, 0.25) is 0 Å². The zero-order valence-corrected chi connectivity index (χ0v) is 10.5. The second kappa shape index (κ2) is 5.70. The van der Waals surface area contributed by atoms with E-state index < -0.39 is 4.92 Å². The Morgan fingerprint density at radius 2 is 2.28 bits per heavy atom. The number of nitrogens with two attached hydrogens (primary N) is 1. The number of aryl methyl sites for hydroxylation is 1. The van der Waals surface area contributed by atoms with Gasteiger partial charge in [0.05, 0.1) is 15.6 Å². The molecule has 0 fully saturated rings. The molecule has 18 heavy (non-hydrogen) atoms. The molecule has 1 aromatic carbocycles. The first-order valence-electron chi connectivity index (χ1n) is 5.60. The molecule has 0 aliphatic carbocycles. The van der Waals surface area contributed by atoms with Crippen LogP contribution in [-0.2, 0) is 6.42 Å². The van der Waals surface area contributed by atoms with E-state index in [0.717, 1.165) is 29.1 Å². The molecule has 0 unspecified atom stereocenters. The second-order valence-corrected chi connectivity index (χ2v) is 4.77. The molecule has 0 spiro atoms. The first kappa shape index (κ1) is 12.7. The lowest BCUT2D eigenvalue weighted by molar-refractivity contribution is -0.384. The Morgan fingerprint density at radius 1 is 1.44 bits per heavy atom. The summed E-state index contributed by atoms with van der Waals surface area (Å²) >= 11 is 1.56. The summed E-state index contributed by atoms with van der Waals surface area (Å²) in [6.07, 6.45) is 1.76. The van der Waals surface area contributed by atoms with Gasteiger partial charge in [0, 0.05) is 29.5 Å². The standard InChI is InChI=1S/C12H13N3O2S/c13-6-2-5-12-14-11(8-18-12)9-3-1-4-10(7-9)15(16)17/h1,3-4,7-8H,2,5-6,13H2. The number of aromatic nitrogens is 1. The number of nitrogens with zero attached hydrogens (tertiary/aromatic N) is 2. The summed E-state index contributed by atoms with van der Waals surface area (Å²) in [7, 11) is 0. The Labute approximate surface area is 108 Å². The van der Waals surface area contributed by atoms with Crippen molar-refractivity contribution in [2.24, 2.45) is 5.73 Å². The zero-order chi connectivity index (χ0) is 13.0. The van der Waals surface area contributed by atoms with E-state index in [-0.39, 0.29) is 5.69 Å². The monoisotopic (exact) mass is 263 g/mol. The Balaban J connectivity index is 2.23. The van der Waals surface area contributed by atoms with E-state index in [1.54, 1.807) is 23.5 Å². The van der Waals surface area contributed by atoms with Gasteiger partial charge < -0.3 is 5.73 Å². The third-order valence-corrected chi connectivity index (χ3v) is 3.41. The topological polar surface area (TPSA) is 82.0 Å². The van der Waals surface area contributed by atoms with E-state index in [2.05, 4.69) is 4.98 Å². The maximum absolute atomic E-state index is 10.7. The lowest BCUT2D eigenvalue weighted by Gasteiger charge is -1.97. The maximum atomic E-state index is 10.7. The van der Waals surface area contributed by atoms with Crippen LogP contribution in [0.15, 0.2) is 29.6 Å². The summed E-state index contributed by atoms with van der Waals surface area (Å²) in [5.41, 5.74) is 7.10. The van der Waals surface area contributed by atoms with Crippen molar-refractivity contribution in [2.45, 2.75) is 12.8 Å². The third-order valence-electron chi connectivity index (χ3n) is 2.50. The van der Waals surface area contributed by atoms with Crippen LogP contribution in [0.5, 0.6) is 0 Å². The number of nitro groups is 1. The summed E-state index contributed by atoms with van der Waals surface area (Å²) in [6.45, 7) is 0.645. The molecule has 0 bridgehead atoms. The van der Waals surface area contributed by atoms with Gasteiger partial charge in [-0.3, -0.25) is 10.1 Å². The minimum absolute atomic E-state index is 0.0870. The van der Waals surface area contributed by atoms with Gasteiger partial charge in [-0.05, 0) is 13.0 Å². The van der Waals surface area contributed by atoms with E-state index in [9.17, 15) is 10.1 Å². The summed E-state index contributed by atoms with van der Waals surface area (Å²) in [6, 6.07) is 6.52. The van der Waals surface area contributed by atoms with Crippen molar-refractivity contribution in [1.29, 1.82) is 0 Å². The number of non-ortho nitro benzene ring substituents is 1. The first-order valence-corrected chi connectivity index (χ1v) is 6.48. The SMILES string of the molecule is NCCCc1nc(-c2cccc([N+](=O)[O-])c2)cs1. The number of nitro benzene ring substituents is 1. The van der Waals surface area contributed by atoms with Gasteiger partial charge in [0.15, 0.2) is 0 Å². The molecule has 6 heteroatoms. The predicted octanol–water partition coefficient (Wildman–Crippen LogP) is 2.61. The molecule has 1 aromatic heterocycles. The normalized spacial score (nSPS) is 10.5. The quantitative estimate of drug-likeness (QED) is 0.664. The fourth-order valence-electron chi connectivity index (χ4n) is 1.59. The number of benzene rings is 1. The molecule has 2 aromatic rings. The average Bonchev–Trinajstić information content (AvgIpc) is 2.85. The highest BCUT2D eigenvalue weighted by atomic mass is 32.1. The number of thiazole rings is 1. The molecular weight excluding hydrogens is 250 g/mol. The molecule has 0 aliphatic heterocycles. The molecule has 0 aliphatic rings. The van der Waals surface area contributed by atoms with Gasteiger partial charge >= 0.3 is 0 Å². The summed E-state index contributed by atoms with van der Waals surface area (Å²) in [5, 5.41) is 13.6. The first-order chi connectivity index (χ1) is 8.70. The molecule has 0 radical (unpaired) electrons. The van der Waals surface area contributed by atoms with E-state index in [0.29, 0.717) is 6.54 Å². The zero-order valence-electron chi connectivity index (χ0n) is 9.70. The molecule has 94 valence electrons. The van der Waals surface area contributed by atoms with Crippen LogP contribution < -0.4 is 5.73 Å². The van der Waals surface area contributed by atoms with Crippen molar-refractivity contribution in [1.82, 2.24) is 4.98 Å². The minimum Gasteiger partial charge on any atom is -0.330 e. The Morgan fingerprint density at radius 3 is 3.00 bits per heavy atom. The minimum atomic E-state index is -0.398. The van der Waals surface area contributed by atoms with Gasteiger partial charge in [-0.25, -0.2) is 4.98 Å². The van der Waals surface area contributed by atoms with Crippen LogP contribution in [0.4, 0.5) is 5.69 Å². The maximum Gasteiger partial charge on any atom is 0.270 e. The Bertz CT molecular complexity index is 554. The van der Waals surface area contributed by atoms with Crippen LogP contribution in [0.25, 0.3) is 11.3 Å². The van der Waals surface area contributed by atoms with Crippen molar-refractivity contribution in [2.75, 3.05) is 6.54 Å². The number of hydrogen-bond donors (Lipinski definition) is 1. The highest BCUT2D eigenvalue weighted by molar-refractivity contribution is 7.09. The van der Waals surface area contributed by atoms with Crippen LogP contribution in [0.1, 0.15) is 11.4 Å². The summed E-state index contributed by atoms with van der Waals surface area (Å²) in [4.78, 5) is 14.8. The molecular formula is C12H13N3O2S. The summed E-state index contributed by atoms with van der Waals surface area (Å²) < 4.78 is 0. The summed E-state index contributed by atoms with van der Waals surface area (Å²) in [5.74, 6) is 0. The highest BCUT2D eigenvalue weighted by Crippen LogP contribution is 2.25. The Hall–Kier alpha value is -1.79. The predicted molar refractivity (Wildman–Crippen MR) is 71.6 cm³/mol. The lowest BCUT2D eigenvalue weighted by atomic mass is 10.1. The third kappa shape index (κ3) is 2.91. The molecule has 5 nitrogen and oxygen atoms in total. The van der Waals surface area contributed by atoms with Crippen LogP contribution in [0, 0.1) is 10.1 Å². The van der Waals surface area contributed by atoms with Crippen LogP contribution in [0.3, 0.4) is 0 Å². The van der Waals surface area contributed by atoms with Gasteiger partial charge in [0.1, 0.15) is 0 Å². The molecule has 1 heterocycles. The molecule has 0 atom stereocenters. The fourth-order valence-corrected chi connectivity index (χ4v) is 2.44. The van der Waals surface area contributed by atoms with Crippen molar-refractivity contribution >= 4 is 17.0 Å². The number of hydrogen-bond acceptors (Lipinski definition) is 5. The van der Waals surface area contributed by atoms with Crippen molar-refractivity contribution in [3.05, 3.63) is 44.8 Å². The molecule has 2 N–H and O–H groups in total. The fraction of sp³-hybridized carbons (Fsp3) is 0.250. The van der Waals surface area contributed by atoms with E-state index in [1.165, 1.54) is 6.07 Å². The smallest absolute Gasteiger partial charge is 0.270 e. The van der Waals surface area contributed by atoms with Crippen LogP contribution >= 0.6 is 11.3 Å². The second-order valence-electron chi connectivity index (χ2n) is 3.83. The van der Waals surface area contributed by atoms with E-state index in [4.69, 9.17) is 5.73 Å². The largest absolute Gasteiger partial charge is 0.330 e. The van der Waals surface area contributed by atoms with Gasteiger partial charge in [0.2, 0.25) is 0 Å². The van der Waals surface area contributed by atoms with Crippen molar-refractivity contribution in [3.63, 3.8) is 0 Å². The van der Waals surface area contributed by atoms with Gasteiger partial charge in [-0.1, -0.05) is 12.1 Å². The van der Waals surface area contributed by atoms with Gasteiger partial charge in [-0.2, -0.15) is 0 Å². The van der Waals surface area contributed by atoms with Gasteiger partial charge in [0.25, 0.3) is 5.69 Å². The average molecular weight is 263 g/mol. The number of rotatable bonds is 5. The van der Waals surface area contributed by atoms with Crippen molar-refractivity contribution < 1.29 is 4.92 Å². The molecule has 0 amide bonds. The van der Waals surface area contributed by atoms with Crippen LogP contribution in [-0.4, -0.2) is 16.5 Å². The van der Waals surface area contributed by atoms with E-state index in [1.807, 2.05) is 11.4 Å². The lowest BCUT2D eigenvalue weighted by Crippen LogP contribution is -1.99. The molecule has 0 saturated heterocycles. The molecule has 2 rings (SSSR count). The van der Waals surface area contributed by atoms with Gasteiger partial charge in [-0.15, -0.1) is 11.3 Å².